The quantitative estimate of drug-likeness (QED) is 0.671. The van der Waals surface area contributed by atoms with Gasteiger partial charge in [-0.1, -0.05) is 18.2 Å². The van der Waals surface area contributed by atoms with Gasteiger partial charge in [0, 0.05) is 50.4 Å². The number of anilines is 1. The Hall–Kier alpha value is -3.16. The molecule has 1 N–H and O–H groups in total. The van der Waals surface area contributed by atoms with Crippen molar-refractivity contribution in [3.63, 3.8) is 0 Å². The molecule has 2 aromatic rings. The Labute approximate surface area is 174 Å². The number of halogens is 2. The second kappa shape index (κ2) is 10.6. The lowest BCUT2D eigenvalue weighted by Crippen LogP contribution is -2.48. The largest absolute Gasteiger partial charge is 0.435 e. The highest BCUT2D eigenvalue weighted by Crippen LogP contribution is 2.16. The molecule has 1 fully saturated rings. The summed E-state index contributed by atoms with van der Waals surface area (Å²) in [5, 5.41) is 2.74. The monoisotopic (exact) mass is 417 g/mol. The first-order valence-electron chi connectivity index (χ1n) is 9.94. The summed E-state index contributed by atoms with van der Waals surface area (Å²) in [6.45, 7) is 0.447. The van der Waals surface area contributed by atoms with E-state index in [0.717, 1.165) is 13.1 Å². The maximum absolute atomic E-state index is 12.4. The molecule has 8 heteroatoms. The number of nitrogens with one attached hydrogen (secondary N) is 1. The molecule has 0 unspecified atom stereocenters. The molecule has 2 amide bonds. The third-order valence-electron chi connectivity index (χ3n) is 4.95. The van der Waals surface area contributed by atoms with Crippen molar-refractivity contribution in [1.29, 1.82) is 0 Å². The SMILES string of the molecule is O=C(NCCCC(=O)N1CCN(c2ccccc2)CC1)c1ccc(OC(F)F)cc1. The van der Waals surface area contributed by atoms with Crippen molar-refractivity contribution < 1.29 is 23.1 Å². The standard InChI is InChI=1S/C22H25F2N3O3/c23-22(24)30-19-10-8-17(9-11-19)21(29)25-12-4-7-20(28)27-15-13-26(14-16-27)18-5-2-1-3-6-18/h1-3,5-6,8-11,22H,4,7,12-16H2,(H,25,29). The molecule has 0 spiro atoms. The van der Waals surface area contributed by atoms with E-state index >= 15 is 0 Å². The van der Waals surface area contributed by atoms with Gasteiger partial charge in [-0.2, -0.15) is 8.78 Å². The van der Waals surface area contributed by atoms with Gasteiger partial charge in [-0.3, -0.25) is 9.59 Å². The lowest BCUT2D eigenvalue weighted by atomic mass is 10.2. The Bertz CT molecular complexity index is 823. The highest BCUT2D eigenvalue weighted by Gasteiger charge is 2.20. The van der Waals surface area contributed by atoms with Crippen LogP contribution in [0, 0.1) is 0 Å². The Balaban J connectivity index is 1.34. The van der Waals surface area contributed by atoms with Gasteiger partial charge in [0.1, 0.15) is 5.75 Å². The van der Waals surface area contributed by atoms with E-state index in [2.05, 4.69) is 27.1 Å². The van der Waals surface area contributed by atoms with Crippen molar-refractivity contribution in [2.24, 2.45) is 0 Å². The zero-order valence-corrected chi connectivity index (χ0v) is 16.6. The minimum atomic E-state index is -2.90. The van der Waals surface area contributed by atoms with E-state index in [9.17, 15) is 18.4 Å². The minimum absolute atomic E-state index is 0.000455. The molecule has 160 valence electrons. The van der Waals surface area contributed by atoms with Crippen molar-refractivity contribution >= 4 is 17.5 Å². The molecule has 1 saturated heterocycles. The average molecular weight is 417 g/mol. The van der Waals surface area contributed by atoms with Gasteiger partial charge in [-0.25, -0.2) is 0 Å². The maximum atomic E-state index is 12.4. The fourth-order valence-corrected chi connectivity index (χ4v) is 3.34. The lowest BCUT2D eigenvalue weighted by Gasteiger charge is -2.36. The van der Waals surface area contributed by atoms with Crippen LogP contribution in [0.4, 0.5) is 14.5 Å². The van der Waals surface area contributed by atoms with Crippen LogP contribution in [0.15, 0.2) is 54.6 Å². The van der Waals surface area contributed by atoms with Crippen LogP contribution < -0.4 is 15.0 Å². The second-order valence-corrected chi connectivity index (χ2v) is 6.97. The average Bonchev–Trinajstić information content (AvgIpc) is 2.77. The summed E-state index contributed by atoms with van der Waals surface area (Å²) in [4.78, 5) is 28.6. The number of carbonyl (C=O) groups excluding carboxylic acids is 2. The van der Waals surface area contributed by atoms with Crippen LogP contribution in [0.25, 0.3) is 0 Å². The molecule has 6 nitrogen and oxygen atoms in total. The molecule has 0 aliphatic carbocycles. The van der Waals surface area contributed by atoms with Crippen LogP contribution >= 0.6 is 0 Å². The third kappa shape index (κ3) is 6.17. The van der Waals surface area contributed by atoms with E-state index in [0.29, 0.717) is 38.0 Å². The Morgan fingerprint density at radius 1 is 0.967 bits per heavy atom. The number of para-hydroxylation sites is 1. The molecular weight excluding hydrogens is 392 g/mol. The smallest absolute Gasteiger partial charge is 0.387 e. The topological polar surface area (TPSA) is 61.9 Å². The van der Waals surface area contributed by atoms with Crippen molar-refractivity contribution in [2.45, 2.75) is 19.5 Å². The number of benzene rings is 2. The molecule has 2 aromatic carbocycles. The molecule has 0 atom stereocenters. The van der Waals surface area contributed by atoms with Crippen molar-refractivity contribution in [3.05, 3.63) is 60.2 Å². The summed E-state index contributed by atoms with van der Waals surface area (Å²) < 4.78 is 28.5. The summed E-state index contributed by atoms with van der Waals surface area (Å²) in [5.74, 6) is -0.229. The van der Waals surface area contributed by atoms with Crippen molar-refractivity contribution in [2.75, 3.05) is 37.6 Å². The molecule has 30 heavy (non-hydrogen) atoms. The van der Waals surface area contributed by atoms with E-state index in [4.69, 9.17) is 0 Å². The number of nitrogens with zero attached hydrogens (tertiary/aromatic N) is 2. The Morgan fingerprint density at radius 3 is 2.27 bits per heavy atom. The van der Waals surface area contributed by atoms with E-state index in [1.165, 1.54) is 30.0 Å². The zero-order chi connectivity index (χ0) is 21.3. The summed E-state index contributed by atoms with van der Waals surface area (Å²) in [7, 11) is 0. The fraction of sp³-hybridized carbons (Fsp3) is 0.364. The van der Waals surface area contributed by atoms with Crippen LogP contribution in [0.2, 0.25) is 0 Å². The van der Waals surface area contributed by atoms with Crippen LogP contribution in [-0.4, -0.2) is 56.0 Å². The van der Waals surface area contributed by atoms with Crippen LogP contribution in [-0.2, 0) is 4.79 Å². The molecule has 0 bridgehead atoms. The zero-order valence-electron chi connectivity index (χ0n) is 16.6. The highest BCUT2D eigenvalue weighted by molar-refractivity contribution is 5.94. The van der Waals surface area contributed by atoms with E-state index in [-0.39, 0.29) is 17.6 Å². The van der Waals surface area contributed by atoms with E-state index in [1.807, 2.05) is 23.1 Å². The molecule has 1 heterocycles. The summed E-state index contributed by atoms with van der Waals surface area (Å²) in [6.07, 6.45) is 0.906. The number of carbonyl (C=O) groups is 2. The van der Waals surface area contributed by atoms with E-state index in [1.54, 1.807) is 0 Å². The molecule has 0 saturated carbocycles. The highest BCUT2D eigenvalue weighted by atomic mass is 19.3. The van der Waals surface area contributed by atoms with Crippen molar-refractivity contribution in [1.82, 2.24) is 10.2 Å². The molecule has 3 rings (SSSR count). The van der Waals surface area contributed by atoms with Gasteiger partial charge in [0.15, 0.2) is 0 Å². The first-order chi connectivity index (χ1) is 14.5. The summed E-state index contributed by atoms with van der Waals surface area (Å²) in [6, 6.07) is 15.6. The van der Waals surface area contributed by atoms with Crippen LogP contribution in [0.3, 0.4) is 0 Å². The van der Waals surface area contributed by atoms with Gasteiger partial charge in [0.2, 0.25) is 5.91 Å². The van der Waals surface area contributed by atoms with Gasteiger partial charge < -0.3 is 19.9 Å². The van der Waals surface area contributed by atoms with Gasteiger partial charge in [-0.05, 0) is 42.8 Å². The molecule has 1 aliphatic heterocycles. The predicted molar refractivity (Wildman–Crippen MR) is 110 cm³/mol. The van der Waals surface area contributed by atoms with Crippen LogP contribution in [0.1, 0.15) is 23.2 Å². The number of ether oxygens (including phenoxy) is 1. The predicted octanol–water partition coefficient (Wildman–Crippen LogP) is 3.15. The van der Waals surface area contributed by atoms with E-state index < -0.39 is 6.61 Å². The van der Waals surface area contributed by atoms with Gasteiger partial charge in [0.25, 0.3) is 5.91 Å². The fourth-order valence-electron chi connectivity index (χ4n) is 3.34. The normalized spacial score (nSPS) is 14.0. The second-order valence-electron chi connectivity index (χ2n) is 6.97. The number of hydrogen-bond acceptors (Lipinski definition) is 4. The van der Waals surface area contributed by atoms with Crippen LogP contribution in [0.5, 0.6) is 5.75 Å². The first kappa shape index (κ1) is 21.5. The molecule has 1 aliphatic rings. The lowest BCUT2D eigenvalue weighted by molar-refractivity contribution is -0.131. The van der Waals surface area contributed by atoms with Gasteiger partial charge in [-0.15, -0.1) is 0 Å². The summed E-state index contributed by atoms with van der Waals surface area (Å²) >= 11 is 0. The maximum Gasteiger partial charge on any atom is 0.387 e. The number of rotatable bonds is 8. The number of alkyl halides is 2. The third-order valence-corrected chi connectivity index (χ3v) is 4.95. The molecule has 0 aromatic heterocycles. The number of amides is 2. The summed E-state index contributed by atoms with van der Waals surface area (Å²) in [5.41, 5.74) is 1.51. The first-order valence-corrected chi connectivity index (χ1v) is 9.94. The van der Waals surface area contributed by atoms with Gasteiger partial charge >= 0.3 is 6.61 Å². The Morgan fingerprint density at radius 2 is 1.63 bits per heavy atom. The molecule has 0 radical (unpaired) electrons. The minimum Gasteiger partial charge on any atom is -0.435 e. The number of hydrogen-bond donors (Lipinski definition) is 1. The number of piperazine rings is 1. The Kier molecular flexibility index (Phi) is 7.59. The van der Waals surface area contributed by atoms with Gasteiger partial charge in [0.05, 0.1) is 0 Å². The van der Waals surface area contributed by atoms with Crippen molar-refractivity contribution in [3.8, 4) is 5.75 Å². The molecular formula is C22H25F2N3O3.